The van der Waals surface area contributed by atoms with E-state index in [2.05, 4.69) is 27.4 Å². The van der Waals surface area contributed by atoms with Gasteiger partial charge in [0.25, 0.3) is 5.91 Å². The number of nitrogens with one attached hydrogen (secondary N) is 1. The number of hydrogen-bond donors (Lipinski definition) is 2. The lowest BCUT2D eigenvalue weighted by Crippen LogP contribution is -2.31. The average Bonchev–Trinajstić information content (AvgIpc) is 3.07. The lowest BCUT2D eigenvalue weighted by Gasteiger charge is -2.22. The van der Waals surface area contributed by atoms with Crippen molar-refractivity contribution in [3.05, 3.63) is 83.8 Å². The number of sulfone groups is 1. The van der Waals surface area contributed by atoms with Gasteiger partial charge >= 0.3 is 0 Å². The van der Waals surface area contributed by atoms with Crippen LogP contribution in [-0.2, 0) is 21.1 Å². The molecule has 2 amide bonds. The van der Waals surface area contributed by atoms with Crippen LogP contribution in [0.2, 0.25) is 0 Å². The first-order chi connectivity index (χ1) is 16.4. The Labute approximate surface area is 197 Å². The molecule has 3 heterocycles. The summed E-state index contributed by atoms with van der Waals surface area (Å²) in [7, 11) is -3.97. The second-order valence-electron chi connectivity index (χ2n) is 7.92. The van der Waals surface area contributed by atoms with E-state index in [0.29, 0.717) is 6.54 Å². The summed E-state index contributed by atoms with van der Waals surface area (Å²) >= 11 is 0. The Morgan fingerprint density at radius 2 is 1.85 bits per heavy atom. The largest absolute Gasteiger partial charge is 0.504 e. The average molecular weight is 481 g/mol. The number of pyridine rings is 2. The van der Waals surface area contributed by atoms with Crippen molar-refractivity contribution >= 4 is 27.5 Å². The van der Waals surface area contributed by atoms with E-state index >= 15 is 0 Å². The zero-order valence-corrected chi connectivity index (χ0v) is 19.1. The molecular weight excluding hydrogens is 456 g/mol. The fraction of sp³-hybridized carbons (Fsp3) is 0.250. The second-order valence-corrected chi connectivity index (χ2v) is 9.98. The summed E-state index contributed by atoms with van der Waals surface area (Å²) < 4.78 is 25.6. The summed E-state index contributed by atoms with van der Waals surface area (Å²) in [6.07, 6.45) is 3.94. The fourth-order valence-corrected chi connectivity index (χ4v) is 5.52. The van der Waals surface area contributed by atoms with Crippen molar-refractivity contribution in [2.75, 3.05) is 17.2 Å². The first-order valence-electron chi connectivity index (χ1n) is 10.8. The smallest absolute Gasteiger partial charge is 0.269 e. The first kappa shape index (κ1) is 23.4. The molecule has 1 unspecified atom stereocenters. The van der Waals surface area contributed by atoms with Crippen molar-refractivity contribution in [1.82, 2.24) is 15.3 Å². The molecule has 0 aliphatic carbocycles. The summed E-state index contributed by atoms with van der Waals surface area (Å²) in [5.41, 5.74) is 1.28. The lowest BCUT2D eigenvalue weighted by molar-refractivity contribution is -0.115. The molecule has 1 aliphatic heterocycles. The minimum Gasteiger partial charge on any atom is -0.504 e. The van der Waals surface area contributed by atoms with Gasteiger partial charge in [0.05, 0.1) is 5.69 Å². The van der Waals surface area contributed by atoms with Crippen LogP contribution in [0.5, 0.6) is 5.75 Å². The van der Waals surface area contributed by atoms with E-state index in [9.17, 15) is 23.1 Å². The molecule has 4 rings (SSSR count). The Morgan fingerprint density at radius 3 is 2.62 bits per heavy atom. The Bertz CT molecular complexity index is 1300. The van der Waals surface area contributed by atoms with E-state index in [1.165, 1.54) is 42.1 Å². The maximum atomic E-state index is 12.8. The van der Waals surface area contributed by atoms with Crippen molar-refractivity contribution in [1.29, 1.82) is 0 Å². The number of unbranched alkanes of at least 4 members (excludes halogenated alkanes) is 1. The first-order valence-corrected chi connectivity index (χ1v) is 12.5. The minimum absolute atomic E-state index is 0.00707. The van der Waals surface area contributed by atoms with E-state index < -0.39 is 32.8 Å². The van der Waals surface area contributed by atoms with Gasteiger partial charge in [-0.25, -0.2) is 18.4 Å². The van der Waals surface area contributed by atoms with Gasteiger partial charge in [0.1, 0.15) is 11.4 Å². The van der Waals surface area contributed by atoms with E-state index in [0.717, 1.165) is 24.2 Å². The molecule has 0 bridgehead atoms. The molecule has 2 aromatic heterocycles. The Hall–Kier alpha value is -3.79. The fourth-order valence-electron chi connectivity index (χ4n) is 3.84. The maximum Gasteiger partial charge on any atom is 0.269 e. The topological polar surface area (TPSA) is 130 Å². The quantitative estimate of drug-likeness (QED) is 0.474. The van der Waals surface area contributed by atoms with Gasteiger partial charge in [0.2, 0.25) is 5.91 Å². The number of hydrogen-bond acceptors (Lipinski definition) is 7. The highest BCUT2D eigenvalue weighted by molar-refractivity contribution is 7.93. The highest BCUT2D eigenvalue weighted by atomic mass is 32.2. The Kier molecular flexibility index (Phi) is 6.87. The van der Waals surface area contributed by atoms with E-state index in [1.54, 1.807) is 0 Å². The molecular formula is C24H24N4O5S. The molecule has 176 valence electrons. The van der Waals surface area contributed by atoms with Crippen molar-refractivity contribution in [2.45, 2.75) is 24.6 Å². The molecule has 1 atom stereocenters. The van der Waals surface area contributed by atoms with Crippen LogP contribution in [0.4, 0.5) is 5.82 Å². The van der Waals surface area contributed by atoms with Crippen LogP contribution in [0.25, 0.3) is 0 Å². The molecule has 10 heteroatoms. The number of amides is 2. The van der Waals surface area contributed by atoms with Crippen LogP contribution < -0.4 is 10.2 Å². The van der Waals surface area contributed by atoms with Crippen LogP contribution in [0, 0.1) is 0 Å². The Balaban J connectivity index is 1.46. The van der Waals surface area contributed by atoms with Crippen LogP contribution in [0.1, 0.15) is 40.0 Å². The third-order valence-corrected chi connectivity index (χ3v) is 7.22. The van der Waals surface area contributed by atoms with Gasteiger partial charge in [-0.15, -0.1) is 0 Å². The zero-order valence-electron chi connectivity index (χ0n) is 18.3. The normalized spacial score (nSPS) is 17.0. The number of anilines is 1. The van der Waals surface area contributed by atoms with E-state index in [1.807, 2.05) is 18.2 Å². The van der Waals surface area contributed by atoms with Crippen molar-refractivity contribution in [3.63, 3.8) is 0 Å². The van der Waals surface area contributed by atoms with Gasteiger partial charge in [-0.2, -0.15) is 0 Å². The molecule has 0 saturated carbocycles. The molecule has 1 fully saturated rings. The van der Waals surface area contributed by atoms with E-state index in [4.69, 9.17) is 0 Å². The van der Waals surface area contributed by atoms with Gasteiger partial charge in [-0.1, -0.05) is 36.4 Å². The third kappa shape index (κ3) is 5.07. The Morgan fingerprint density at radius 1 is 1.06 bits per heavy atom. The van der Waals surface area contributed by atoms with Crippen LogP contribution >= 0.6 is 0 Å². The summed E-state index contributed by atoms with van der Waals surface area (Å²) in [5, 5.41) is 11.5. The predicted molar refractivity (Wildman–Crippen MR) is 126 cm³/mol. The van der Waals surface area contributed by atoms with Crippen molar-refractivity contribution in [2.24, 2.45) is 0 Å². The maximum absolute atomic E-state index is 12.8. The zero-order chi connectivity index (χ0) is 24.1. The van der Waals surface area contributed by atoms with Crippen LogP contribution in [0.15, 0.2) is 66.9 Å². The summed E-state index contributed by atoms with van der Waals surface area (Å²) in [5.74, 6) is -2.41. The predicted octanol–water partition coefficient (Wildman–Crippen LogP) is 2.40. The van der Waals surface area contributed by atoms with Gasteiger partial charge in [-0.3, -0.25) is 14.5 Å². The van der Waals surface area contributed by atoms with Gasteiger partial charge in [-0.05, 0) is 49.1 Å². The minimum atomic E-state index is -3.97. The van der Waals surface area contributed by atoms with Gasteiger partial charge in [0.15, 0.2) is 26.8 Å². The third-order valence-electron chi connectivity index (χ3n) is 5.44. The summed E-state index contributed by atoms with van der Waals surface area (Å²) in [4.78, 5) is 34.3. The van der Waals surface area contributed by atoms with Crippen LogP contribution in [-0.4, -0.2) is 47.6 Å². The number of carbonyl (C=O) groups is 2. The molecule has 1 aromatic carbocycles. The number of benzene rings is 1. The molecule has 0 radical (unpaired) electrons. The molecule has 1 aliphatic rings. The van der Waals surface area contributed by atoms with Crippen molar-refractivity contribution in [3.8, 4) is 5.75 Å². The van der Waals surface area contributed by atoms with E-state index in [-0.39, 0.29) is 23.0 Å². The number of nitrogens with zero attached hydrogens (tertiary/aromatic N) is 3. The number of carbonyl (C=O) groups excluding carboxylic acids is 2. The number of aryl methyl sites for hydroxylation is 1. The highest BCUT2D eigenvalue weighted by Crippen LogP contribution is 2.39. The number of rotatable bonds is 8. The second kappa shape index (κ2) is 10.0. The van der Waals surface area contributed by atoms with Crippen molar-refractivity contribution < 1.29 is 23.1 Å². The standard InChI is InChI=1S/C24H24N4O5S/c29-20-13-7-15-25-22(20)28-21(30)16-34(32,33)24(28)19-12-6-11-18(27-19)23(31)26-14-5-4-10-17-8-2-1-3-9-17/h1-3,6-9,11-13,15,24,29H,4-5,10,14,16H2,(H,26,31). The monoisotopic (exact) mass is 480 g/mol. The number of aromatic nitrogens is 2. The molecule has 0 spiro atoms. The lowest BCUT2D eigenvalue weighted by atomic mass is 10.1. The SMILES string of the molecule is O=C(NCCCCc1ccccc1)c1cccc(C2N(c3ncccc3O)C(=O)CS2(=O)=O)n1. The molecule has 1 saturated heterocycles. The molecule has 9 nitrogen and oxygen atoms in total. The van der Waals surface area contributed by atoms with Gasteiger partial charge in [0, 0.05) is 12.7 Å². The molecule has 3 aromatic rings. The van der Waals surface area contributed by atoms with Crippen LogP contribution in [0.3, 0.4) is 0 Å². The molecule has 34 heavy (non-hydrogen) atoms. The highest BCUT2D eigenvalue weighted by Gasteiger charge is 2.48. The molecule has 2 N–H and O–H groups in total. The summed E-state index contributed by atoms with van der Waals surface area (Å²) in [6.45, 7) is 0.450. The van der Waals surface area contributed by atoms with Gasteiger partial charge < -0.3 is 10.4 Å². The summed E-state index contributed by atoms with van der Waals surface area (Å²) in [6, 6.07) is 17.3. The number of aromatic hydroxyl groups is 1.